The summed E-state index contributed by atoms with van der Waals surface area (Å²) in [5.74, 6) is 1.84. The van der Waals surface area contributed by atoms with Crippen molar-refractivity contribution in [3.8, 4) is 5.75 Å². The van der Waals surface area contributed by atoms with Gasteiger partial charge in [0.05, 0.1) is 19.2 Å². The summed E-state index contributed by atoms with van der Waals surface area (Å²) in [5, 5.41) is 12.6. The number of guanidine groups is 1. The number of nitrogens with zero attached hydrogens (tertiary/aromatic N) is 2. The van der Waals surface area contributed by atoms with Gasteiger partial charge in [-0.1, -0.05) is 30.3 Å². The number of benzene rings is 2. The van der Waals surface area contributed by atoms with Crippen LogP contribution in [0.4, 0.5) is 5.69 Å². The summed E-state index contributed by atoms with van der Waals surface area (Å²) in [7, 11) is 0. The number of aliphatic hydroxyl groups excluding tert-OH is 1. The number of rotatable bonds is 5. The number of para-hydroxylation sites is 1. The maximum atomic E-state index is 9.29. The fourth-order valence-corrected chi connectivity index (χ4v) is 4.08. The number of aliphatic imine (C=N–C) groups is 1. The Bertz CT molecular complexity index is 835. The van der Waals surface area contributed by atoms with Crippen LogP contribution >= 0.6 is 24.0 Å². The number of anilines is 1. The summed E-state index contributed by atoms with van der Waals surface area (Å²) < 4.78 is 5.70. The van der Waals surface area contributed by atoms with Gasteiger partial charge in [0.1, 0.15) is 5.75 Å². The van der Waals surface area contributed by atoms with Crippen LogP contribution in [0.5, 0.6) is 5.75 Å². The van der Waals surface area contributed by atoms with Crippen LogP contribution in [-0.2, 0) is 6.54 Å². The van der Waals surface area contributed by atoms with Crippen molar-refractivity contribution < 1.29 is 9.84 Å². The minimum atomic E-state index is 0. The molecule has 6 nitrogen and oxygen atoms in total. The molecule has 2 aromatic carbocycles. The molecule has 0 spiro atoms. The monoisotopic (exact) mass is 522 g/mol. The number of aliphatic hydroxyl groups is 1. The molecule has 1 atom stereocenters. The Balaban J connectivity index is 0.00000256. The molecule has 2 aromatic rings. The van der Waals surface area contributed by atoms with Crippen LogP contribution in [0.15, 0.2) is 53.5 Å². The van der Waals surface area contributed by atoms with Crippen LogP contribution in [0, 0.1) is 5.92 Å². The number of hydrogen-bond acceptors (Lipinski definition) is 4. The van der Waals surface area contributed by atoms with Crippen molar-refractivity contribution in [1.82, 2.24) is 5.32 Å². The number of piperidine rings is 1. The summed E-state index contributed by atoms with van der Waals surface area (Å²) in [6.07, 6.45) is 2.98. The molecule has 162 valence electrons. The summed E-state index contributed by atoms with van der Waals surface area (Å²) in [5.41, 5.74) is 9.65. The minimum Gasteiger partial charge on any atom is -0.493 e. The van der Waals surface area contributed by atoms with E-state index >= 15 is 0 Å². The van der Waals surface area contributed by atoms with E-state index in [1.54, 1.807) is 0 Å². The van der Waals surface area contributed by atoms with Crippen molar-refractivity contribution in [1.29, 1.82) is 0 Å². The molecule has 1 unspecified atom stereocenters. The van der Waals surface area contributed by atoms with Crippen molar-refractivity contribution in [3.63, 3.8) is 0 Å². The predicted octanol–water partition coefficient (Wildman–Crippen LogP) is 3.44. The second kappa shape index (κ2) is 10.9. The van der Waals surface area contributed by atoms with Gasteiger partial charge < -0.3 is 25.8 Å². The van der Waals surface area contributed by atoms with Gasteiger partial charge in [0, 0.05) is 37.4 Å². The first-order chi connectivity index (χ1) is 14.2. The first-order valence-corrected chi connectivity index (χ1v) is 10.5. The van der Waals surface area contributed by atoms with Gasteiger partial charge in [0.15, 0.2) is 5.96 Å². The van der Waals surface area contributed by atoms with E-state index in [1.807, 2.05) is 18.2 Å². The number of nitrogens with two attached hydrogens (primary N) is 1. The number of hydrogen-bond donors (Lipinski definition) is 3. The third-order valence-corrected chi connectivity index (χ3v) is 5.89. The molecule has 2 aliphatic rings. The zero-order chi connectivity index (χ0) is 20.1. The normalized spacial score (nSPS) is 19.4. The Morgan fingerprint density at radius 2 is 1.83 bits per heavy atom. The first-order valence-electron chi connectivity index (χ1n) is 10.5. The van der Waals surface area contributed by atoms with Crippen molar-refractivity contribution in [2.45, 2.75) is 31.8 Å². The molecule has 7 heteroatoms. The molecular weight excluding hydrogens is 491 g/mol. The second-order valence-electron chi connectivity index (χ2n) is 7.85. The van der Waals surface area contributed by atoms with E-state index in [0.717, 1.165) is 49.2 Å². The Labute approximate surface area is 195 Å². The molecule has 4 rings (SSSR count). The molecular formula is C23H31IN4O2. The van der Waals surface area contributed by atoms with Crippen LogP contribution in [0.1, 0.15) is 36.4 Å². The zero-order valence-corrected chi connectivity index (χ0v) is 19.5. The molecule has 0 bridgehead atoms. The highest BCUT2D eigenvalue weighted by Gasteiger charge is 2.21. The highest BCUT2D eigenvalue weighted by atomic mass is 127. The maximum absolute atomic E-state index is 9.29. The largest absolute Gasteiger partial charge is 0.493 e. The number of halogens is 1. The Morgan fingerprint density at radius 3 is 2.57 bits per heavy atom. The van der Waals surface area contributed by atoms with E-state index in [0.29, 0.717) is 31.6 Å². The SMILES string of the molecule is I.NC(=NCc1ccc(N2CCC(CO)CC2)cc1)NC1CCOc2ccccc21. The first kappa shape index (κ1) is 22.7. The van der Waals surface area contributed by atoms with E-state index in [-0.39, 0.29) is 30.0 Å². The van der Waals surface area contributed by atoms with Crippen molar-refractivity contribution in [3.05, 3.63) is 59.7 Å². The van der Waals surface area contributed by atoms with Gasteiger partial charge >= 0.3 is 0 Å². The second-order valence-corrected chi connectivity index (χ2v) is 7.85. The molecule has 0 saturated carbocycles. The zero-order valence-electron chi connectivity index (χ0n) is 17.2. The molecule has 1 fully saturated rings. The van der Waals surface area contributed by atoms with E-state index in [1.165, 1.54) is 5.69 Å². The van der Waals surface area contributed by atoms with Gasteiger partial charge in [0.25, 0.3) is 0 Å². The fraction of sp³-hybridized carbons (Fsp3) is 0.435. The summed E-state index contributed by atoms with van der Waals surface area (Å²) in [6, 6.07) is 16.7. The summed E-state index contributed by atoms with van der Waals surface area (Å²) in [6.45, 7) is 3.55. The molecule has 0 aliphatic carbocycles. The van der Waals surface area contributed by atoms with Crippen LogP contribution in [0.3, 0.4) is 0 Å². The number of fused-ring (bicyclic) bond motifs is 1. The third kappa shape index (κ3) is 5.57. The smallest absolute Gasteiger partial charge is 0.189 e. The number of nitrogens with one attached hydrogen (secondary N) is 1. The lowest BCUT2D eigenvalue weighted by atomic mass is 9.97. The van der Waals surface area contributed by atoms with Crippen LogP contribution in [-0.4, -0.2) is 37.4 Å². The highest BCUT2D eigenvalue weighted by Crippen LogP contribution is 2.31. The topological polar surface area (TPSA) is 83.1 Å². The van der Waals surface area contributed by atoms with Gasteiger partial charge in [-0.25, -0.2) is 4.99 Å². The Morgan fingerprint density at radius 1 is 1.10 bits per heavy atom. The molecule has 1 saturated heterocycles. The molecule has 0 aromatic heterocycles. The van der Waals surface area contributed by atoms with Gasteiger partial charge in [0.2, 0.25) is 0 Å². The van der Waals surface area contributed by atoms with E-state index < -0.39 is 0 Å². The average Bonchev–Trinajstić information content (AvgIpc) is 2.78. The highest BCUT2D eigenvalue weighted by molar-refractivity contribution is 14.0. The van der Waals surface area contributed by atoms with Gasteiger partial charge in [-0.2, -0.15) is 0 Å². The standard InChI is InChI=1S/C23H30N4O2.HI/c24-23(26-21-11-14-29-22-4-2-1-3-20(21)22)25-15-17-5-7-19(8-6-17)27-12-9-18(16-28)10-13-27;/h1-8,18,21,28H,9-16H2,(H3,24,25,26);1H. The lowest BCUT2D eigenvalue weighted by molar-refractivity contribution is 0.203. The molecule has 30 heavy (non-hydrogen) atoms. The predicted molar refractivity (Wildman–Crippen MR) is 132 cm³/mol. The molecule has 0 amide bonds. The van der Waals surface area contributed by atoms with Gasteiger partial charge in [-0.05, 0) is 42.5 Å². The van der Waals surface area contributed by atoms with Crippen LogP contribution in [0.2, 0.25) is 0 Å². The summed E-state index contributed by atoms with van der Waals surface area (Å²) in [4.78, 5) is 6.91. The van der Waals surface area contributed by atoms with Gasteiger partial charge in [-0.3, -0.25) is 0 Å². The number of ether oxygens (including phenoxy) is 1. The summed E-state index contributed by atoms with van der Waals surface area (Å²) >= 11 is 0. The lowest BCUT2D eigenvalue weighted by Gasteiger charge is -2.32. The minimum absolute atomic E-state index is 0. The molecule has 4 N–H and O–H groups in total. The van der Waals surface area contributed by atoms with Crippen molar-refractivity contribution in [2.75, 3.05) is 31.2 Å². The van der Waals surface area contributed by atoms with Gasteiger partial charge in [-0.15, -0.1) is 24.0 Å². The quantitative estimate of drug-likeness (QED) is 0.319. The fourth-order valence-electron chi connectivity index (χ4n) is 4.08. The Hall–Kier alpha value is -2.00. The van der Waals surface area contributed by atoms with Crippen LogP contribution in [0.25, 0.3) is 0 Å². The third-order valence-electron chi connectivity index (χ3n) is 5.89. The van der Waals surface area contributed by atoms with Crippen molar-refractivity contribution in [2.24, 2.45) is 16.6 Å². The van der Waals surface area contributed by atoms with E-state index in [4.69, 9.17) is 10.5 Å². The van der Waals surface area contributed by atoms with E-state index in [9.17, 15) is 5.11 Å². The molecule has 0 radical (unpaired) electrons. The maximum Gasteiger partial charge on any atom is 0.189 e. The van der Waals surface area contributed by atoms with Crippen molar-refractivity contribution >= 4 is 35.6 Å². The van der Waals surface area contributed by atoms with E-state index in [2.05, 4.69) is 45.5 Å². The average molecular weight is 522 g/mol. The molecule has 2 aliphatic heterocycles. The Kier molecular flexibility index (Phi) is 8.21. The molecule has 2 heterocycles. The lowest BCUT2D eigenvalue weighted by Crippen LogP contribution is -2.37. The van der Waals surface area contributed by atoms with Crippen LogP contribution < -0.4 is 20.7 Å².